The molecule has 0 spiro atoms. The first-order valence-electron chi connectivity index (χ1n) is 9.14. The Morgan fingerprint density at radius 3 is 2.52 bits per heavy atom. The van der Waals surface area contributed by atoms with Crippen LogP contribution in [0.3, 0.4) is 0 Å². The van der Waals surface area contributed by atoms with E-state index >= 15 is 0 Å². The predicted octanol–water partition coefficient (Wildman–Crippen LogP) is 4.59. The van der Waals surface area contributed by atoms with E-state index in [2.05, 4.69) is 10.00 Å². The van der Waals surface area contributed by atoms with Crippen LogP contribution in [0.5, 0.6) is 0 Å². The van der Waals surface area contributed by atoms with E-state index in [1.165, 1.54) is 4.68 Å². The van der Waals surface area contributed by atoms with E-state index < -0.39 is 0 Å². The highest BCUT2D eigenvalue weighted by atomic mass is 35.5. The van der Waals surface area contributed by atoms with Crippen molar-refractivity contribution in [2.75, 3.05) is 24.6 Å². The SMILES string of the molecule is O=c1c(Cl)c(N2CCC(C3CCCO3)CC2)cnn1-c1ccc(Cl)cc1Cl. The quantitative estimate of drug-likeness (QED) is 0.717. The molecule has 1 aromatic heterocycles. The summed E-state index contributed by atoms with van der Waals surface area (Å²) >= 11 is 18.6. The molecule has 0 amide bonds. The van der Waals surface area contributed by atoms with Crippen molar-refractivity contribution < 1.29 is 4.74 Å². The second-order valence-corrected chi connectivity index (χ2v) is 8.25. The summed E-state index contributed by atoms with van der Waals surface area (Å²) in [6, 6.07) is 4.89. The molecule has 1 atom stereocenters. The lowest BCUT2D eigenvalue weighted by Crippen LogP contribution is -2.39. The first kappa shape index (κ1) is 19.1. The molecule has 4 rings (SSSR count). The summed E-state index contributed by atoms with van der Waals surface area (Å²) in [5, 5.41) is 5.30. The van der Waals surface area contributed by atoms with Crippen molar-refractivity contribution in [2.24, 2.45) is 5.92 Å². The Labute approximate surface area is 172 Å². The minimum Gasteiger partial charge on any atom is -0.378 e. The lowest BCUT2D eigenvalue weighted by atomic mass is 9.89. The summed E-state index contributed by atoms with van der Waals surface area (Å²) < 4.78 is 7.04. The van der Waals surface area contributed by atoms with Gasteiger partial charge in [0.1, 0.15) is 5.02 Å². The number of halogens is 3. The van der Waals surface area contributed by atoms with Crippen LogP contribution in [0.15, 0.2) is 29.2 Å². The van der Waals surface area contributed by atoms with Crippen LogP contribution in [-0.2, 0) is 4.74 Å². The van der Waals surface area contributed by atoms with Gasteiger partial charge in [0.2, 0.25) is 0 Å². The average Bonchev–Trinajstić information content (AvgIpc) is 3.20. The van der Waals surface area contributed by atoms with Gasteiger partial charge in [-0.05, 0) is 49.8 Å². The first-order chi connectivity index (χ1) is 13.0. The number of anilines is 1. The third kappa shape index (κ3) is 3.83. The van der Waals surface area contributed by atoms with E-state index in [-0.39, 0.29) is 10.6 Å². The van der Waals surface area contributed by atoms with Gasteiger partial charge in [-0.2, -0.15) is 9.78 Å². The maximum atomic E-state index is 12.8. The maximum Gasteiger partial charge on any atom is 0.292 e. The van der Waals surface area contributed by atoms with Gasteiger partial charge in [-0.25, -0.2) is 0 Å². The van der Waals surface area contributed by atoms with Gasteiger partial charge in [-0.1, -0.05) is 34.8 Å². The van der Waals surface area contributed by atoms with Crippen LogP contribution in [0, 0.1) is 5.92 Å². The van der Waals surface area contributed by atoms with Crippen LogP contribution in [0.1, 0.15) is 25.7 Å². The van der Waals surface area contributed by atoms with Gasteiger partial charge >= 0.3 is 0 Å². The topological polar surface area (TPSA) is 47.4 Å². The molecule has 1 unspecified atom stereocenters. The minimum absolute atomic E-state index is 0.159. The van der Waals surface area contributed by atoms with Gasteiger partial charge in [0.05, 0.1) is 28.7 Å². The monoisotopic (exact) mass is 427 g/mol. The lowest BCUT2D eigenvalue weighted by molar-refractivity contribution is 0.0531. The Kier molecular flexibility index (Phi) is 5.65. The Balaban J connectivity index is 1.55. The first-order valence-corrected chi connectivity index (χ1v) is 10.3. The van der Waals surface area contributed by atoms with Crippen molar-refractivity contribution in [1.29, 1.82) is 0 Å². The summed E-state index contributed by atoms with van der Waals surface area (Å²) in [4.78, 5) is 14.9. The predicted molar refractivity (Wildman–Crippen MR) is 109 cm³/mol. The van der Waals surface area contributed by atoms with Crippen molar-refractivity contribution in [2.45, 2.75) is 31.8 Å². The lowest BCUT2D eigenvalue weighted by Gasteiger charge is -2.35. The standard InChI is InChI=1S/C19H20Cl3N3O2/c20-13-3-4-15(14(21)10-13)25-19(26)18(22)16(11-23-25)24-7-5-12(6-8-24)17-2-1-9-27-17/h3-4,10-12,17H,1-2,5-9H2. The van der Waals surface area contributed by atoms with Crippen LogP contribution in [0.2, 0.25) is 15.1 Å². The van der Waals surface area contributed by atoms with Gasteiger partial charge in [0, 0.05) is 24.7 Å². The molecular formula is C19H20Cl3N3O2. The smallest absolute Gasteiger partial charge is 0.292 e. The molecule has 0 radical (unpaired) electrons. The highest BCUT2D eigenvalue weighted by molar-refractivity contribution is 6.36. The zero-order valence-corrected chi connectivity index (χ0v) is 17.0. The summed E-state index contributed by atoms with van der Waals surface area (Å²) in [6.07, 6.45) is 6.42. The molecule has 0 saturated carbocycles. The number of benzene rings is 1. The Bertz CT molecular complexity index is 888. The maximum absolute atomic E-state index is 12.8. The zero-order chi connectivity index (χ0) is 19.0. The van der Waals surface area contributed by atoms with Crippen LogP contribution in [0.25, 0.3) is 5.69 Å². The minimum atomic E-state index is -0.389. The van der Waals surface area contributed by atoms with Crippen LogP contribution in [-0.4, -0.2) is 35.6 Å². The van der Waals surface area contributed by atoms with Crippen molar-refractivity contribution in [3.05, 3.63) is 49.8 Å². The number of hydrogen-bond donors (Lipinski definition) is 0. The molecule has 0 N–H and O–H groups in total. The number of aromatic nitrogens is 2. The molecule has 2 aromatic rings. The Morgan fingerprint density at radius 2 is 1.85 bits per heavy atom. The second-order valence-electron chi connectivity index (χ2n) is 7.03. The van der Waals surface area contributed by atoms with Gasteiger partial charge in [0.25, 0.3) is 5.56 Å². The van der Waals surface area contributed by atoms with E-state index in [0.717, 1.165) is 45.4 Å². The Hall–Kier alpha value is -1.27. The summed E-state index contributed by atoms with van der Waals surface area (Å²) in [5.41, 5.74) is 0.741. The van der Waals surface area contributed by atoms with Gasteiger partial charge in [-0.3, -0.25) is 4.79 Å². The average molecular weight is 429 g/mol. The number of piperidine rings is 1. The second kappa shape index (κ2) is 8.00. The molecular weight excluding hydrogens is 409 g/mol. The highest BCUT2D eigenvalue weighted by Gasteiger charge is 2.30. The van der Waals surface area contributed by atoms with E-state index in [9.17, 15) is 4.79 Å². The fraction of sp³-hybridized carbons (Fsp3) is 0.474. The summed E-state index contributed by atoms with van der Waals surface area (Å²) in [6.45, 7) is 2.57. The molecule has 2 saturated heterocycles. The molecule has 0 bridgehead atoms. The number of ether oxygens (including phenoxy) is 1. The van der Waals surface area contributed by atoms with Crippen LogP contribution in [0.4, 0.5) is 5.69 Å². The van der Waals surface area contributed by atoms with Crippen molar-refractivity contribution in [3.63, 3.8) is 0 Å². The molecule has 8 heteroatoms. The van der Waals surface area contributed by atoms with Crippen molar-refractivity contribution in [3.8, 4) is 5.69 Å². The molecule has 2 aliphatic heterocycles. The molecule has 1 aromatic carbocycles. The molecule has 5 nitrogen and oxygen atoms in total. The van der Waals surface area contributed by atoms with Gasteiger partial charge in [-0.15, -0.1) is 0 Å². The van der Waals surface area contributed by atoms with Crippen LogP contribution < -0.4 is 10.5 Å². The van der Waals surface area contributed by atoms with E-state index in [1.54, 1.807) is 24.4 Å². The molecule has 0 aliphatic carbocycles. The highest BCUT2D eigenvalue weighted by Crippen LogP contribution is 2.32. The van der Waals surface area contributed by atoms with Gasteiger partial charge < -0.3 is 9.64 Å². The summed E-state index contributed by atoms with van der Waals surface area (Å²) in [5.74, 6) is 0.587. The van der Waals surface area contributed by atoms with E-state index in [1.807, 2.05) is 0 Å². The molecule has 3 heterocycles. The third-order valence-corrected chi connectivity index (χ3v) is 6.30. The van der Waals surface area contributed by atoms with Crippen molar-refractivity contribution in [1.82, 2.24) is 9.78 Å². The largest absolute Gasteiger partial charge is 0.378 e. The molecule has 144 valence electrons. The van der Waals surface area contributed by atoms with E-state index in [4.69, 9.17) is 39.5 Å². The van der Waals surface area contributed by atoms with Crippen molar-refractivity contribution >= 4 is 40.5 Å². The molecule has 27 heavy (non-hydrogen) atoms. The normalized spacial score (nSPS) is 21.0. The number of rotatable bonds is 3. The number of nitrogens with zero attached hydrogens (tertiary/aromatic N) is 3. The Morgan fingerprint density at radius 1 is 1.07 bits per heavy atom. The third-order valence-electron chi connectivity index (χ3n) is 5.41. The fourth-order valence-electron chi connectivity index (χ4n) is 3.96. The molecule has 2 aliphatic rings. The zero-order valence-electron chi connectivity index (χ0n) is 14.7. The summed E-state index contributed by atoms with van der Waals surface area (Å²) in [7, 11) is 0. The fourth-order valence-corrected chi connectivity index (χ4v) is 4.69. The van der Waals surface area contributed by atoms with Crippen LogP contribution >= 0.6 is 34.8 Å². The number of hydrogen-bond acceptors (Lipinski definition) is 4. The van der Waals surface area contributed by atoms with E-state index in [0.29, 0.717) is 33.4 Å². The molecule has 2 fully saturated rings. The van der Waals surface area contributed by atoms with Gasteiger partial charge in [0.15, 0.2) is 0 Å².